The molecular formula is C24H33N3O3S. The van der Waals surface area contributed by atoms with Gasteiger partial charge in [0.15, 0.2) is 0 Å². The predicted octanol–water partition coefficient (Wildman–Crippen LogP) is 3.12. The Balaban J connectivity index is 1.73. The summed E-state index contributed by atoms with van der Waals surface area (Å²) in [4.78, 5) is 15.5. The smallest absolute Gasteiger partial charge is 0.251 e. The van der Waals surface area contributed by atoms with Gasteiger partial charge >= 0.3 is 0 Å². The molecule has 3 rings (SSSR count). The fraction of sp³-hybridized carbons (Fsp3) is 0.458. The van der Waals surface area contributed by atoms with Gasteiger partial charge in [-0.05, 0) is 62.5 Å². The van der Waals surface area contributed by atoms with Crippen molar-refractivity contribution in [2.75, 3.05) is 19.6 Å². The number of carbonyl (C=O) groups is 1. The molecule has 1 aliphatic carbocycles. The number of aryl methyl sites for hydroxylation is 1. The fourth-order valence-corrected chi connectivity index (χ4v) is 5.09. The Labute approximate surface area is 186 Å². The molecule has 1 atom stereocenters. The van der Waals surface area contributed by atoms with Gasteiger partial charge in [0.25, 0.3) is 5.91 Å². The lowest BCUT2D eigenvalue weighted by Gasteiger charge is -2.30. The number of benzene rings is 2. The van der Waals surface area contributed by atoms with Crippen LogP contribution in [0.2, 0.25) is 0 Å². The van der Waals surface area contributed by atoms with E-state index in [2.05, 4.69) is 40.9 Å². The predicted molar refractivity (Wildman–Crippen MR) is 124 cm³/mol. The van der Waals surface area contributed by atoms with Gasteiger partial charge in [-0.2, -0.15) is 0 Å². The lowest BCUT2D eigenvalue weighted by molar-refractivity contribution is 0.0934. The Morgan fingerprint density at radius 1 is 1.10 bits per heavy atom. The fourth-order valence-electron chi connectivity index (χ4n) is 3.76. The molecular weight excluding hydrogens is 410 g/mol. The molecule has 2 aromatic rings. The summed E-state index contributed by atoms with van der Waals surface area (Å²) in [6.45, 7) is 8.34. The molecule has 1 amide bonds. The van der Waals surface area contributed by atoms with Crippen LogP contribution in [0.5, 0.6) is 0 Å². The number of nitrogens with one attached hydrogen (secondary N) is 2. The second-order valence-corrected chi connectivity index (χ2v) is 9.86. The minimum atomic E-state index is -3.60. The van der Waals surface area contributed by atoms with Crippen molar-refractivity contribution in [1.29, 1.82) is 0 Å². The molecule has 168 valence electrons. The molecule has 2 N–H and O–H groups in total. The molecule has 0 saturated heterocycles. The quantitative estimate of drug-likeness (QED) is 0.559. The number of nitrogens with zero attached hydrogens (tertiary/aromatic N) is 1. The summed E-state index contributed by atoms with van der Waals surface area (Å²) >= 11 is 0. The van der Waals surface area contributed by atoms with Gasteiger partial charge in [-0.25, -0.2) is 13.1 Å². The Kier molecular flexibility index (Phi) is 7.86. The summed E-state index contributed by atoms with van der Waals surface area (Å²) < 4.78 is 27.8. The third-order valence-corrected chi connectivity index (χ3v) is 7.32. The topological polar surface area (TPSA) is 78.5 Å². The average molecular weight is 444 g/mol. The van der Waals surface area contributed by atoms with Crippen LogP contribution >= 0.6 is 0 Å². The third-order valence-electron chi connectivity index (χ3n) is 5.80. The van der Waals surface area contributed by atoms with Crippen molar-refractivity contribution in [2.24, 2.45) is 0 Å². The highest BCUT2D eigenvalue weighted by Gasteiger charge is 2.28. The molecule has 0 radical (unpaired) electrons. The first-order valence-corrected chi connectivity index (χ1v) is 12.5. The molecule has 0 bridgehead atoms. The van der Waals surface area contributed by atoms with Gasteiger partial charge in [0, 0.05) is 24.2 Å². The summed E-state index contributed by atoms with van der Waals surface area (Å²) in [5.74, 6) is -0.244. The summed E-state index contributed by atoms with van der Waals surface area (Å²) in [7, 11) is -3.60. The second-order valence-electron chi connectivity index (χ2n) is 8.15. The lowest BCUT2D eigenvalue weighted by Crippen LogP contribution is -2.45. The standard InChI is InChI=1S/C24H33N3O3S/c1-4-27(5-2)21(15-19-9-7-6-8-10-19)17-25-24(28)23-16-22(14-11-18(23)3)31(29,30)26-20-12-13-20/h6-11,14,16,20-21,26H,4-5,12-13,15,17H2,1-3H3,(H,25,28). The number of carbonyl (C=O) groups excluding carboxylic acids is 1. The molecule has 6 nitrogen and oxygen atoms in total. The molecule has 1 unspecified atom stereocenters. The van der Waals surface area contributed by atoms with E-state index in [0.29, 0.717) is 12.1 Å². The van der Waals surface area contributed by atoms with Crippen LogP contribution in [0, 0.1) is 6.92 Å². The first kappa shape index (κ1) is 23.4. The number of hydrogen-bond donors (Lipinski definition) is 2. The van der Waals surface area contributed by atoms with E-state index in [9.17, 15) is 13.2 Å². The highest BCUT2D eigenvalue weighted by Crippen LogP contribution is 2.23. The van der Waals surface area contributed by atoms with Gasteiger partial charge in [-0.1, -0.05) is 50.2 Å². The minimum Gasteiger partial charge on any atom is -0.350 e. The van der Waals surface area contributed by atoms with Crippen molar-refractivity contribution in [1.82, 2.24) is 14.9 Å². The van der Waals surface area contributed by atoms with Gasteiger partial charge in [0.2, 0.25) is 10.0 Å². The van der Waals surface area contributed by atoms with Gasteiger partial charge < -0.3 is 5.32 Å². The second kappa shape index (κ2) is 10.4. The Morgan fingerprint density at radius 3 is 2.39 bits per heavy atom. The Morgan fingerprint density at radius 2 is 1.77 bits per heavy atom. The maximum Gasteiger partial charge on any atom is 0.251 e. The lowest BCUT2D eigenvalue weighted by atomic mass is 10.0. The monoisotopic (exact) mass is 443 g/mol. The first-order valence-electron chi connectivity index (χ1n) is 11.0. The highest BCUT2D eigenvalue weighted by molar-refractivity contribution is 7.89. The van der Waals surface area contributed by atoms with Crippen molar-refractivity contribution in [3.05, 3.63) is 65.2 Å². The molecule has 2 aromatic carbocycles. The van der Waals surface area contributed by atoms with E-state index >= 15 is 0 Å². The largest absolute Gasteiger partial charge is 0.350 e. The van der Waals surface area contributed by atoms with Gasteiger partial charge in [-0.3, -0.25) is 9.69 Å². The van der Waals surface area contributed by atoms with Crippen LogP contribution in [0.4, 0.5) is 0 Å². The average Bonchev–Trinajstić information content (AvgIpc) is 3.56. The van der Waals surface area contributed by atoms with Gasteiger partial charge in [-0.15, -0.1) is 0 Å². The van der Waals surface area contributed by atoms with Crippen molar-refractivity contribution < 1.29 is 13.2 Å². The number of rotatable bonds is 11. The molecule has 0 spiro atoms. The maximum absolute atomic E-state index is 13.0. The SMILES string of the molecule is CCN(CC)C(CNC(=O)c1cc(S(=O)(=O)NC2CC2)ccc1C)Cc1ccccc1. The van der Waals surface area contributed by atoms with Gasteiger partial charge in [0.05, 0.1) is 4.90 Å². The molecule has 7 heteroatoms. The molecule has 0 aromatic heterocycles. The summed E-state index contributed by atoms with van der Waals surface area (Å²) in [6, 6.07) is 15.2. The summed E-state index contributed by atoms with van der Waals surface area (Å²) in [6.07, 6.45) is 2.57. The van der Waals surface area contributed by atoms with Crippen molar-refractivity contribution in [3.8, 4) is 0 Å². The number of likely N-dealkylation sites (N-methyl/N-ethyl adjacent to an activating group) is 1. The number of amides is 1. The van der Waals surface area contributed by atoms with Crippen LogP contribution in [0.3, 0.4) is 0 Å². The van der Waals surface area contributed by atoms with E-state index in [1.54, 1.807) is 12.1 Å². The zero-order valence-electron chi connectivity index (χ0n) is 18.6. The van der Waals surface area contributed by atoms with Crippen LogP contribution in [0.15, 0.2) is 53.4 Å². The Hall–Kier alpha value is -2.22. The molecule has 1 fully saturated rings. The van der Waals surface area contributed by atoms with Crippen molar-refractivity contribution >= 4 is 15.9 Å². The first-order chi connectivity index (χ1) is 14.8. The highest BCUT2D eigenvalue weighted by atomic mass is 32.2. The van der Waals surface area contributed by atoms with E-state index in [1.165, 1.54) is 11.6 Å². The van der Waals surface area contributed by atoms with E-state index in [4.69, 9.17) is 0 Å². The Bertz CT molecular complexity index is 984. The van der Waals surface area contributed by atoms with Crippen molar-refractivity contribution in [3.63, 3.8) is 0 Å². The zero-order valence-corrected chi connectivity index (χ0v) is 19.4. The normalized spacial score (nSPS) is 15.1. The molecule has 1 aliphatic rings. The van der Waals surface area contributed by atoms with Crippen LogP contribution in [-0.4, -0.2) is 50.9 Å². The third kappa shape index (κ3) is 6.38. The minimum absolute atomic E-state index is 0.0244. The van der Waals surface area contributed by atoms with Crippen LogP contribution in [-0.2, 0) is 16.4 Å². The zero-order chi connectivity index (χ0) is 22.4. The summed E-state index contributed by atoms with van der Waals surface area (Å²) in [5.41, 5.74) is 2.38. The number of sulfonamides is 1. The molecule has 0 heterocycles. The van der Waals surface area contributed by atoms with Crippen LogP contribution < -0.4 is 10.0 Å². The molecule has 0 aliphatic heterocycles. The maximum atomic E-state index is 13.0. The molecule has 31 heavy (non-hydrogen) atoms. The van der Waals surface area contributed by atoms with E-state index < -0.39 is 10.0 Å². The van der Waals surface area contributed by atoms with Gasteiger partial charge in [0.1, 0.15) is 0 Å². The van der Waals surface area contributed by atoms with Crippen molar-refractivity contribution in [2.45, 2.75) is 57.0 Å². The molecule has 1 saturated carbocycles. The van der Waals surface area contributed by atoms with Crippen LogP contribution in [0.1, 0.15) is 48.2 Å². The van der Waals surface area contributed by atoms with Crippen LogP contribution in [0.25, 0.3) is 0 Å². The van der Waals surface area contributed by atoms with E-state index in [0.717, 1.165) is 37.9 Å². The van der Waals surface area contributed by atoms with E-state index in [1.807, 2.05) is 25.1 Å². The summed E-state index contributed by atoms with van der Waals surface area (Å²) in [5, 5.41) is 3.05. The van der Waals surface area contributed by atoms with E-state index in [-0.39, 0.29) is 22.9 Å². The number of hydrogen-bond acceptors (Lipinski definition) is 4.